The van der Waals surface area contributed by atoms with Gasteiger partial charge in [0.15, 0.2) is 6.29 Å². The Hall–Kier alpha value is -1.46. The van der Waals surface area contributed by atoms with Crippen molar-refractivity contribution in [3.05, 3.63) is 23.1 Å². The van der Waals surface area contributed by atoms with E-state index in [-0.39, 0.29) is 6.10 Å². The van der Waals surface area contributed by atoms with Crippen molar-refractivity contribution in [1.29, 1.82) is 0 Å². The number of thiophene rings is 1. The van der Waals surface area contributed by atoms with Gasteiger partial charge in [-0.3, -0.25) is 4.79 Å². The van der Waals surface area contributed by atoms with Crippen LogP contribution in [0.25, 0.3) is 10.2 Å². The summed E-state index contributed by atoms with van der Waals surface area (Å²) >= 11 is 1.40. The van der Waals surface area contributed by atoms with E-state index in [2.05, 4.69) is 17.2 Å². The van der Waals surface area contributed by atoms with Crippen molar-refractivity contribution >= 4 is 27.8 Å². The van der Waals surface area contributed by atoms with Crippen molar-refractivity contribution in [1.82, 2.24) is 10.3 Å². The average Bonchev–Trinajstić information content (AvgIpc) is 2.81. The van der Waals surface area contributed by atoms with E-state index in [4.69, 9.17) is 4.74 Å². The highest BCUT2D eigenvalue weighted by atomic mass is 32.1. The number of pyridine rings is 1. The smallest absolute Gasteiger partial charge is 0.214 e. The molecule has 100 valence electrons. The Morgan fingerprint density at radius 3 is 3.21 bits per heavy atom. The molecule has 0 bridgehead atoms. The molecule has 3 rings (SSSR count). The molecule has 2 atom stereocenters. The minimum atomic E-state index is 0.228. The molecule has 0 saturated carbocycles. The average molecular weight is 276 g/mol. The summed E-state index contributed by atoms with van der Waals surface area (Å²) in [5.74, 6) is 0.658. The summed E-state index contributed by atoms with van der Waals surface area (Å²) < 4.78 is 5.94. The Labute approximate surface area is 115 Å². The molecular formula is C14H16N2O2S. The highest BCUT2D eigenvalue weighted by molar-refractivity contribution is 7.20. The molecule has 5 heteroatoms. The quantitative estimate of drug-likeness (QED) is 0.876. The third kappa shape index (κ3) is 2.77. The first-order valence-corrected chi connectivity index (χ1v) is 7.32. The molecule has 19 heavy (non-hydrogen) atoms. The number of carbonyl (C=O) groups is 1. The maximum Gasteiger partial charge on any atom is 0.214 e. The van der Waals surface area contributed by atoms with Gasteiger partial charge in [-0.1, -0.05) is 0 Å². The van der Waals surface area contributed by atoms with Gasteiger partial charge in [-0.05, 0) is 38.4 Å². The van der Waals surface area contributed by atoms with E-state index >= 15 is 0 Å². The summed E-state index contributed by atoms with van der Waals surface area (Å²) in [5.41, 5.74) is 0. The Morgan fingerprint density at radius 2 is 2.42 bits per heavy atom. The number of hydrogen-bond donors (Lipinski definition) is 1. The molecule has 3 heterocycles. The predicted molar refractivity (Wildman–Crippen MR) is 76.1 cm³/mol. The Bertz CT molecular complexity index is 596. The first-order valence-electron chi connectivity index (χ1n) is 6.50. The molecule has 0 amide bonds. The predicted octanol–water partition coefficient (Wildman–Crippen LogP) is 2.63. The van der Waals surface area contributed by atoms with Gasteiger partial charge in [0.1, 0.15) is 10.9 Å². The van der Waals surface area contributed by atoms with Gasteiger partial charge in [0.25, 0.3) is 0 Å². The standard InChI is InChI=1S/C14H16N2O2S/c1-9-6-11(4-5-15-9)18-13-3-2-10-7-12(8-17)19-14(10)16-13/h2-3,7-9,11,15H,4-6H2,1H3. The van der Waals surface area contributed by atoms with Crippen molar-refractivity contribution in [3.8, 4) is 5.88 Å². The van der Waals surface area contributed by atoms with Crippen LogP contribution in [-0.2, 0) is 0 Å². The van der Waals surface area contributed by atoms with E-state index in [0.29, 0.717) is 16.8 Å². The van der Waals surface area contributed by atoms with Crippen LogP contribution < -0.4 is 10.1 Å². The fourth-order valence-corrected chi connectivity index (χ4v) is 3.25. The Morgan fingerprint density at radius 1 is 1.53 bits per heavy atom. The minimum absolute atomic E-state index is 0.228. The number of hydrogen-bond acceptors (Lipinski definition) is 5. The van der Waals surface area contributed by atoms with Gasteiger partial charge < -0.3 is 10.1 Å². The number of nitrogens with one attached hydrogen (secondary N) is 1. The van der Waals surface area contributed by atoms with E-state index in [1.165, 1.54) is 11.3 Å². The lowest BCUT2D eigenvalue weighted by atomic mass is 10.0. The van der Waals surface area contributed by atoms with Gasteiger partial charge in [0, 0.05) is 17.5 Å². The van der Waals surface area contributed by atoms with Crippen LogP contribution in [0.3, 0.4) is 0 Å². The largest absolute Gasteiger partial charge is 0.474 e. The third-order valence-electron chi connectivity index (χ3n) is 3.36. The molecule has 0 aliphatic carbocycles. The normalized spacial score (nSPS) is 23.4. The zero-order chi connectivity index (χ0) is 13.2. The van der Waals surface area contributed by atoms with Gasteiger partial charge >= 0.3 is 0 Å². The lowest BCUT2D eigenvalue weighted by molar-refractivity contribution is 0.112. The number of carbonyl (C=O) groups excluding carboxylic acids is 1. The van der Waals surface area contributed by atoms with Crippen LogP contribution in [0.5, 0.6) is 5.88 Å². The van der Waals surface area contributed by atoms with Crippen LogP contribution in [0, 0.1) is 0 Å². The number of rotatable bonds is 3. The van der Waals surface area contributed by atoms with Crippen molar-refractivity contribution in [2.45, 2.75) is 31.9 Å². The van der Waals surface area contributed by atoms with E-state index in [1.54, 1.807) is 0 Å². The lowest BCUT2D eigenvalue weighted by Gasteiger charge is -2.28. The van der Waals surface area contributed by atoms with Gasteiger partial charge in [-0.15, -0.1) is 11.3 Å². The SMILES string of the molecule is CC1CC(Oc2ccc3cc(C=O)sc3n2)CCN1. The first kappa shape index (κ1) is 12.6. The van der Waals surface area contributed by atoms with Gasteiger partial charge in [0.2, 0.25) is 5.88 Å². The molecule has 1 N–H and O–H groups in total. The van der Waals surface area contributed by atoms with Gasteiger partial charge in [-0.25, -0.2) is 4.98 Å². The Kier molecular flexibility index (Phi) is 3.48. The molecule has 1 aliphatic heterocycles. The van der Waals surface area contributed by atoms with E-state index < -0.39 is 0 Å². The maximum atomic E-state index is 10.8. The molecule has 0 radical (unpaired) electrons. The molecule has 1 aliphatic rings. The van der Waals surface area contributed by atoms with Crippen molar-refractivity contribution in [2.24, 2.45) is 0 Å². The third-order valence-corrected chi connectivity index (χ3v) is 4.33. The van der Waals surface area contributed by atoms with Crippen molar-refractivity contribution in [3.63, 3.8) is 0 Å². The second-order valence-corrected chi connectivity index (χ2v) is 5.99. The van der Waals surface area contributed by atoms with Crippen LogP contribution >= 0.6 is 11.3 Å². The van der Waals surface area contributed by atoms with E-state index in [0.717, 1.165) is 35.9 Å². The summed E-state index contributed by atoms with van der Waals surface area (Å²) in [6, 6.07) is 6.20. The summed E-state index contributed by atoms with van der Waals surface area (Å²) in [5, 5.41) is 4.40. The van der Waals surface area contributed by atoms with Gasteiger partial charge in [0.05, 0.1) is 4.88 Å². The van der Waals surface area contributed by atoms with Crippen LogP contribution in [0.2, 0.25) is 0 Å². The van der Waals surface area contributed by atoms with E-state index in [9.17, 15) is 4.79 Å². The lowest BCUT2D eigenvalue weighted by Crippen LogP contribution is -2.40. The minimum Gasteiger partial charge on any atom is -0.474 e. The number of nitrogens with zero attached hydrogens (tertiary/aromatic N) is 1. The van der Waals surface area contributed by atoms with Crippen LogP contribution in [0.1, 0.15) is 29.4 Å². The van der Waals surface area contributed by atoms with Crippen molar-refractivity contribution in [2.75, 3.05) is 6.54 Å². The molecule has 4 nitrogen and oxygen atoms in total. The number of aromatic nitrogens is 1. The fourth-order valence-electron chi connectivity index (χ4n) is 2.41. The maximum absolute atomic E-state index is 10.8. The number of fused-ring (bicyclic) bond motifs is 1. The number of piperidine rings is 1. The molecule has 2 aromatic heterocycles. The molecule has 0 aromatic carbocycles. The zero-order valence-corrected chi connectivity index (χ0v) is 11.6. The molecule has 0 spiro atoms. The van der Waals surface area contributed by atoms with E-state index in [1.807, 2.05) is 18.2 Å². The zero-order valence-electron chi connectivity index (χ0n) is 10.8. The summed E-state index contributed by atoms with van der Waals surface area (Å²) in [4.78, 5) is 16.8. The van der Waals surface area contributed by atoms with Gasteiger partial charge in [-0.2, -0.15) is 0 Å². The second-order valence-electron chi connectivity index (χ2n) is 4.93. The number of aldehydes is 1. The van der Waals surface area contributed by atoms with Crippen LogP contribution in [-0.4, -0.2) is 30.0 Å². The molecule has 1 fully saturated rings. The first-order chi connectivity index (χ1) is 9.24. The molecular weight excluding hydrogens is 260 g/mol. The molecule has 2 aromatic rings. The molecule has 2 unspecified atom stereocenters. The Balaban J connectivity index is 1.78. The van der Waals surface area contributed by atoms with Crippen molar-refractivity contribution < 1.29 is 9.53 Å². The fraction of sp³-hybridized carbons (Fsp3) is 0.429. The van der Waals surface area contributed by atoms with Crippen LogP contribution in [0.15, 0.2) is 18.2 Å². The number of ether oxygens (including phenoxy) is 1. The molecule has 1 saturated heterocycles. The summed E-state index contributed by atoms with van der Waals surface area (Å²) in [7, 11) is 0. The second kappa shape index (κ2) is 5.27. The van der Waals surface area contributed by atoms with Crippen LogP contribution in [0.4, 0.5) is 0 Å². The highest BCUT2D eigenvalue weighted by Crippen LogP contribution is 2.26. The monoisotopic (exact) mass is 276 g/mol. The summed E-state index contributed by atoms with van der Waals surface area (Å²) in [6.07, 6.45) is 3.10. The topological polar surface area (TPSA) is 51.2 Å². The highest BCUT2D eigenvalue weighted by Gasteiger charge is 2.20. The summed E-state index contributed by atoms with van der Waals surface area (Å²) in [6.45, 7) is 3.16.